The predicted octanol–water partition coefficient (Wildman–Crippen LogP) is 2.99. The zero-order valence-electron chi connectivity index (χ0n) is 15.7. The highest BCUT2D eigenvalue weighted by atomic mass is 32.2. The number of nitrogens with one attached hydrogen (secondary N) is 3. The predicted molar refractivity (Wildman–Crippen MR) is 118 cm³/mol. The van der Waals surface area contributed by atoms with Crippen molar-refractivity contribution in [1.29, 1.82) is 0 Å². The zero-order valence-corrected chi connectivity index (χ0v) is 18.1. The maximum Gasteiger partial charge on any atom is 0.240 e. The summed E-state index contributed by atoms with van der Waals surface area (Å²) in [5.74, 6) is 0.753. The van der Waals surface area contributed by atoms with E-state index >= 15 is 0 Å². The molecule has 4 rings (SSSR count). The van der Waals surface area contributed by atoms with Gasteiger partial charge in [0, 0.05) is 36.0 Å². The first-order valence-corrected chi connectivity index (χ1v) is 12.4. The summed E-state index contributed by atoms with van der Waals surface area (Å²) in [4.78, 5) is 13.9. The van der Waals surface area contributed by atoms with Crippen molar-refractivity contribution in [2.75, 3.05) is 25.0 Å². The van der Waals surface area contributed by atoms with E-state index in [-0.39, 0.29) is 4.90 Å². The lowest BCUT2D eigenvalue weighted by Crippen LogP contribution is -2.35. The summed E-state index contributed by atoms with van der Waals surface area (Å²) in [5.41, 5.74) is 2.45. The molecule has 3 N–H and O–H groups in total. The molecule has 0 saturated carbocycles. The fourth-order valence-corrected chi connectivity index (χ4v) is 5.30. The summed E-state index contributed by atoms with van der Waals surface area (Å²) in [6, 6.07) is 6.73. The van der Waals surface area contributed by atoms with E-state index in [1.54, 1.807) is 31.2 Å². The molecule has 1 aromatic carbocycles. The Kier molecular flexibility index (Phi) is 5.90. The quantitative estimate of drug-likeness (QED) is 0.535. The third kappa shape index (κ3) is 4.64. The molecule has 2 aromatic heterocycles. The number of guanidine groups is 1. The van der Waals surface area contributed by atoms with Crippen LogP contribution in [0.25, 0.3) is 22.0 Å². The first kappa shape index (κ1) is 20.0. The van der Waals surface area contributed by atoms with Gasteiger partial charge in [-0.3, -0.25) is 4.99 Å². The maximum atomic E-state index is 12.1. The molecule has 3 heterocycles. The van der Waals surface area contributed by atoms with Gasteiger partial charge in [-0.1, -0.05) is 19.1 Å². The third-order valence-electron chi connectivity index (χ3n) is 4.14. The van der Waals surface area contributed by atoms with Crippen LogP contribution < -0.4 is 15.4 Å². The van der Waals surface area contributed by atoms with E-state index in [1.165, 1.54) is 22.7 Å². The van der Waals surface area contributed by atoms with E-state index in [0.717, 1.165) is 52.6 Å². The van der Waals surface area contributed by atoms with Crippen molar-refractivity contribution in [3.8, 4) is 22.0 Å². The van der Waals surface area contributed by atoms with E-state index in [9.17, 15) is 8.42 Å². The second-order valence-electron chi connectivity index (χ2n) is 6.24. The van der Waals surface area contributed by atoms with Gasteiger partial charge in [0.05, 0.1) is 4.90 Å². The number of hydrogen-bond acceptors (Lipinski definition) is 9. The average molecular weight is 449 g/mol. The van der Waals surface area contributed by atoms with Crippen LogP contribution >= 0.6 is 22.7 Å². The molecule has 0 spiro atoms. The number of hydrogen-bond donors (Lipinski definition) is 3. The number of benzene rings is 1. The van der Waals surface area contributed by atoms with Gasteiger partial charge < -0.3 is 10.6 Å². The van der Waals surface area contributed by atoms with E-state index in [4.69, 9.17) is 0 Å². The highest BCUT2D eigenvalue weighted by Crippen LogP contribution is 2.31. The Balaban J connectivity index is 1.49. The molecule has 0 saturated heterocycles. The Morgan fingerprint density at radius 2 is 1.86 bits per heavy atom. The molecular weight excluding hydrogens is 428 g/mol. The van der Waals surface area contributed by atoms with Crippen LogP contribution in [-0.2, 0) is 10.0 Å². The van der Waals surface area contributed by atoms with Gasteiger partial charge in [-0.25, -0.2) is 23.1 Å². The molecule has 0 aliphatic carbocycles. The Morgan fingerprint density at radius 3 is 2.59 bits per heavy atom. The van der Waals surface area contributed by atoms with Crippen molar-refractivity contribution >= 4 is 43.8 Å². The second kappa shape index (κ2) is 8.57. The molecule has 0 radical (unpaired) electrons. The second-order valence-corrected chi connectivity index (χ2v) is 9.72. The third-order valence-corrected chi connectivity index (χ3v) is 7.35. The first-order valence-electron chi connectivity index (χ1n) is 9.12. The summed E-state index contributed by atoms with van der Waals surface area (Å²) < 4.78 is 26.6. The van der Waals surface area contributed by atoms with Crippen molar-refractivity contribution in [2.24, 2.45) is 4.99 Å². The first-order chi connectivity index (χ1) is 14.0. The molecule has 0 unspecified atom stereocenters. The number of thiazole rings is 2. The minimum atomic E-state index is -3.45. The lowest BCUT2D eigenvalue weighted by atomic mass is 10.2. The topological polar surface area (TPSA) is 108 Å². The standard InChI is InChI=1S/C18H20N6O2S3/c1-2-21-29(25,26)13-6-4-12(5-7-13)16-22-14(10-27-16)15-11-28-18(23-15)24-17-19-8-3-9-20-17/h4-7,10-11,21H,2-3,8-9H2,1H3,(H2,19,20,23,24). The molecule has 0 amide bonds. The molecular formula is C18H20N6O2S3. The monoisotopic (exact) mass is 448 g/mol. The molecule has 29 heavy (non-hydrogen) atoms. The molecule has 1 aliphatic rings. The Hall–Kier alpha value is -2.34. The van der Waals surface area contributed by atoms with E-state index < -0.39 is 10.0 Å². The van der Waals surface area contributed by atoms with E-state index in [0.29, 0.717) is 6.54 Å². The average Bonchev–Trinajstić information content (AvgIpc) is 3.38. The lowest BCUT2D eigenvalue weighted by Gasteiger charge is -2.13. The summed E-state index contributed by atoms with van der Waals surface area (Å²) in [6.45, 7) is 3.83. The smallest absolute Gasteiger partial charge is 0.240 e. The summed E-state index contributed by atoms with van der Waals surface area (Å²) >= 11 is 3.00. The minimum absolute atomic E-state index is 0.245. The van der Waals surface area contributed by atoms with Gasteiger partial charge in [-0.2, -0.15) is 0 Å². The number of sulfonamides is 1. The van der Waals surface area contributed by atoms with Gasteiger partial charge in [0.25, 0.3) is 0 Å². The molecule has 8 nitrogen and oxygen atoms in total. The van der Waals surface area contributed by atoms with Crippen molar-refractivity contribution in [3.63, 3.8) is 0 Å². The highest BCUT2D eigenvalue weighted by molar-refractivity contribution is 7.89. The molecule has 0 bridgehead atoms. The largest absolute Gasteiger partial charge is 0.356 e. The van der Waals surface area contributed by atoms with Gasteiger partial charge in [0.2, 0.25) is 10.0 Å². The number of rotatable bonds is 6. The zero-order chi connectivity index (χ0) is 20.3. The molecule has 11 heteroatoms. The van der Waals surface area contributed by atoms with Crippen molar-refractivity contribution in [2.45, 2.75) is 18.2 Å². The summed E-state index contributed by atoms with van der Waals surface area (Å²) in [6.07, 6.45) is 1.04. The Morgan fingerprint density at radius 1 is 1.10 bits per heavy atom. The SMILES string of the molecule is CCNS(=O)(=O)c1ccc(-c2nc(-c3csc(NC4=NCCCN4)n3)cs2)cc1. The number of aliphatic imine (C=N–C) groups is 1. The van der Waals surface area contributed by atoms with Crippen LogP contribution in [0.15, 0.2) is 44.9 Å². The molecule has 0 atom stereocenters. The van der Waals surface area contributed by atoms with Crippen molar-refractivity contribution in [1.82, 2.24) is 20.0 Å². The Bertz CT molecular complexity index is 1120. The van der Waals surface area contributed by atoms with Crippen LogP contribution in [0.4, 0.5) is 5.13 Å². The van der Waals surface area contributed by atoms with Crippen LogP contribution in [0.1, 0.15) is 13.3 Å². The molecule has 1 aliphatic heterocycles. The highest BCUT2D eigenvalue weighted by Gasteiger charge is 2.15. The fraction of sp³-hybridized carbons (Fsp3) is 0.278. The van der Waals surface area contributed by atoms with Crippen molar-refractivity contribution < 1.29 is 8.42 Å². The van der Waals surface area contributed by atoms with E-state index in [1.807, 2.05) is 10.8 Å². The van der Waals surface area contributed by atoms with Crippen LogP contribution in [0.5, 0.6) is 0 Å². The molecule has 152 valence electrons. The van der Waals surface area contributed by atoms with Gasteiger partial charge in [0.15, 0.2) is 11.1 Å². The van der Waals surface area contributed by atoms with Crippen LogP contribution in [0.3, 0.4) is 0 Å². The number of anilines is 1. The number of nitrogens with zero attached hydrogens (tertiary/aromatic N) is 3. The maximum absolute atomic E-state index is 12.1. The van der Waals surface area contributed by atoms with E-state index in [2.05, 4.69) is 30.3 Å². The van der Waals surface area contributed by atoms with Gasteiger partial charge >= 0.3 is 0 Å². The fourth-order valence-electron chi connectivity index (χ4n) is 2.74. The van der Waals surface area contributed by atoms with Crippen molar-refractivity contribution in [3.05, 3.63) is 35.0 Å². The number of aromatic nitrogens is 2. The molecule has 3 aromatic rings. The lowest BCUT2D eigenvalue weighted by molar-refractivity contribution is 0.584. The van der Waals surface area contributed by atoms with Gasteiger partial charge in [-0.15, -0.1) is 22.7 Å². The van der Waals surface area contributed by atoms with Crippen LogP contribution in [0, 0.1) is 0 Å². The summed E-state index contributed by atoms with van der Waals surface area (Å²) in [5, 5.41) is 11.9. The van der Waals surface area contributed by atoms with Crippen LogP contribution in [-0.4, -0.2) is 44.0 Å². The molecule has 0 fully saturated rings. The van der Waals surface area contributed by atoms with Crippen LogP contribution in [0.2, 0.25) is 0 Å². The normalized spacial score (nSPS) is 14.3. The van der Waals surface area contributed by atoms with Gasteiger partial charge in [-0.05, 0) is 18.6 Å². The van der Waals surface area contributed by atoms with Gasteiger partial charge in [0.1, 0.15) is 16.4 Å². The summed E-state index contributed by atoms with van der Waals surface area (Å²) in [7, 11) is -3.45. The minimum Gasteiger partial charge on any atom is -0.356 e. The Labute approximate surface area is 177 Å².